The molecule has 0 spiro atoms. The molecule has 0 bridgehead atoms. The molecule has 1 aliphatic rings. The zero-order valence-corrected chi connectivity index (χ0v) is 10.6. The number of imide groups is 1. The molecule has 1 N–H and O–H groups in total. The van der Waals surface area contributed by atoms with Crippen molar-refractivity contribution in [2.24, 2.45) is 5.92 Å². The summed E-state index contributed by atoms with van der Waals surface area (Å²) in [6.45, 7) is 5.58. The van der Waals surface area contributed by atoms with Crippen molar-refractivity contribution in [2.75, 3.05) is 20.2 Å². The zero-order valence-electron chi connectivity index (χ0n) is 10.6. The molecule has 0 aromatic heterocycles. The summed E-state index contributed by atoms with van der Waals surface area (Å²) >= 11 is 0. The van der Waals surface area contributed by atoms with Crippen molar-refractivity contribution in [1.82, 2.24) is 10.2 Å². The summed E-state index contributed by atoms with van der Waals surface area (Å²) in [7, 11) is 1.32. The standard InChI is InChI=1S/C11H18N2O4/c1-7(9(15)17-4)5-13-6-8(14)12-10(16)11(13,2)3/h7H,5-6H2,1-4H3,(H,12,14,16). The van der Waals surface area contributed by atoms with Crippen molar-refractivity contribution in [1.29, 1.82) is 0 Å². The van der Waals surface area contributed by atoms with Crippen molar-refractivity contribution in [3.8, 4) is 0 Å². The van der Waals surface area contributed by atoms with Crippen molar-refractivity contribution in [3.05, 3.63) is 0 Å². The number of hydrogen-bond acceptors (Lipinski definition) is 5. The normalized spacial score (nSPS) is 21.9. The predicted octanol–water partition coefficient (Wildman–Crippen LogP) is -0.467. The van der Waals surface area contributed by atoms with Gasteiger partial charge in [0.1, 0.15) is 0 Å². The zero-order chi connectivity index (χ0) is 13.2. The van der Waals surface area contributed by atoms with Crippen LogP contribution in [0.5, 0.6) is 0 Å². The van der Waals surface area contributed by atoms with Gasteiger partial charge in [-0.1, -0.05) is 6.92 Å². The first-order chi connectivity index (χ1) is 7.78. The lowest BCUT2D eigenvalue weighted by Crippen LogP contribution is -2.64. The fourth-order valence-electron chi connectivity index (χ4n) is 1.73. The van der Waals surface area contributed by atoms with Crippen molar-refractivity contribution < 1.29 is 19.1 Å². The molecule has 0 radical (unpaired) electrons. The van der Waals surface area contributed by atoms with Gasteiger partial charge in [-0.25, -0.2) is 0 Å². The van der Waals surface area contributed by atoms with Gasteiger partial charge in [0.15, 0.2) is 0 Å². The Hall–Kier alpha value is -1.43. The summed E-state index contributed by atoms with van der Waals surface area (Å²) in [5.74, 6) is -1.41. The number of amides is 2. The number of hydrogen-bond donors (Lipinski definition) is 1. The maximum absolute atomic E-state index is 11.7. The van der Waals surface area contributed by atoms with Gasteiger partial charge >= 0.3 is 5.97 Å². The number of carbonyl (C=O) groups excluding carboxylic acids is 3. The van der Waals surface area contributed by atoms with E-state index in [1.807, 2.05) is 0 Å². The first kappa shape index (κ1) is 13.6. The molecule has 2 amide bonds. The SMILES string of the molecule is COC(=O)C(C)CN1CC(=O)NC(=O)C1(C)C. The second-order valence-corrected chi connectivity index (χ2v) is 4.74. The number of esters is 1. The van der Waals surface area contributed by atoms with Crippen LogP contribution in [0.15, 0.2) is 0 Å². The molecule has 1 saturated heterocycles. The summed E-state index contributed by atoms with van der Waals surface area (Å²) in [5, 5.41) is 2.28. The number of rotatable bonds is 3. The van der Waals surface area contributed by atoms with Gasteiger partial charge in [-0.15, -0.1) is 0 Å². The summed E-state index contributed by atoms with van der Waals surface area (Å²) in [6.07, 6.45) is 0. The lowest BCUT2D eigenvalue weighted by atomic mass is 9.97. The van der Waals surface area contributed by atoms with E-state index in [1.165, 1.54) is 7.11 Å². The molecule has 0 aromatic rings. The maximum atomic E-state index is 11.7. The van der Waals surface area contributed by atoms with Crippen molar-refractivity contribution in [3.63, 3.8) is 0 Å². The fraction of sp³-hybridized carbons (Fsp3) is 0.727. The first-order valence-electron chi connectivity index (χ1n) is 5.46. The molecule has 1 unspecified atom stereocenters. The minimum absolute atomic E-state index is 0.111. The minimum Gasteiger partial charge on any atom is -0.469 e. The van der Waals surface area contributed by atoms with Gasteiger partial charge in [0.25, 0.3) is 0 Å². The average molecular weight is 242 g/mol. The van der Waals surface area contributed by atoms with Gasteiger partial charge in [-0.05, 0) is 13.8 Å². The van der Waals surface area contributed by atoms with Crippen LogP contribution in [-0.4, -0.2) is 48.4 Å². The van der Waals surface area contributed by atoms with E-state index in [2.05, 4.69) is 10.1 Å². The Morgan fingerprint density at radius 3 is 2.65 bits per heavy atom. The van der Waals surface area contributed by atoms with Crippen LogP contribution in [0.4, 0.5) is 0 Å². The summed E-state index contributed by atoms with van der Waals surface area (Å²) in [4.78, 5) is 36.0. The number of nitrogens with zero attached hydrogens (tertiary/aromatic N) is 1. The van der Waals surface area contributed by atoms with Gasteiger partial charge in [0, 0.05) is 6.54 Å². The molecular weight excluding hydrogens is 224 g/mol. The second-order valence-electron chi connectivity index (χ2n) is 4.74. The third kappa shape index (κ3) is 2.82. The monoisotopic (exact) mass is 242 g/mol. The van der Waals surface area contributed by atoms with Crippen LogP contribution in [0.3, 0.4) is 0 Å². The largest absolute Gasteiger partial charge is 0.469 e. The lowest BCUT2D eigenvalue weighted by molar-refractivity contribution is -0.151. The molecule has 17 heavy (non-hydrogen) atoms. The molecule has 1 rings (SSSR count). The van der Waals surface area contributed by atoms with E-state index in [-0.39, 0.29) is 30.2 Å². The quantitative estimate of drug-likeness (QED) is 0.535. The second kappa shape index (κ2) is 4.83. The van der Waals surface area contributed by atoms with Gasteiger partial charge < -0.3 is 4.74 Å². The molecule has 1 atom stereocenters. The van der Waals surface area contributed by atoms with E-state index in [0.29, 0.717) is 6.54 Å². The van der Waals surface area contributed by atoms with Gasteiger partial charge in [0.05, 0.1) is 25.1 Å². The highest BCUT2D eigenvalue weighted by atomic mass is 16.5. The Morgan fingerprint density at radius 1 is 1.53 bits per heavy atom. The summed E-state index contributed by atoms with van der Waals surface area (Å²) in [6, 6.07) is 0. The molecule has 6 heteroatoms. The Bertz CT molecular complexity index is 351. The Labute approximate surface area is 100 Å². The molecule has 6 nitrogen and oxygen atoms in total. The van der Waals surface area contributed by atoms with Crippen molar-refractivity contribution >= 4 is 17.8 Å². The molecule has 0 aliphatic carbocycles. The van der Waals surface area contributed by atoms with Gasteiger partial charge in [-0.2, -0.15) is 0 Å². The average Bonchev–Trinajstić information content (AvgIpc) is 2.24. The molecular formula is C11H18N2O4. The fourth-order valence-corrected chi connectivity index (χ4v) is 1.73. The van der Waals surface area contributed by atoms with E-state index in [9.17, 15) is 14.4 Å². The number of methoxy groups -OCH3 is 1. The third-order valence-corrected chi connectivity index (χ3v) is 3.03. The Kier molecular flexibility index (Phi) is 3.87. The predicted molar refractivity (Wildman–Crippen MR) is 60.0 cm³/mol. The Morgan fingerprint density at radius 2 is 2.12 bits per heavy atom. The molecule has 1 aliphatic heterocycles. The Balaban J connectivity index is 2.77. The molecule has 1 fully saturated rings. The van der Waals surface area contributed by atoms with E-state index in [0.717, 1.165) is 0 Å². The number of piperazine rings is 1. The van der Waals surface area contributed by atoms with Crippen LogP contribution < -0.4 is 5.32 Å². The smallest absolute Gasteiger partial charge is 0.309 e. The van der Waals surface area contributed by atoms with Crippen LogP contribution >= 0.6 is 0 Å². The lowest BCUT2D eigenvalue weighted by Gasteiger charge is -2.40. The maximum Gasteiger partial charge on any atom is 0.309 e. The highest BCUT2D eigenvalue weighted by Crippen LogP contribution is 2.19. The number of nitrogens with one attached hydrogen (secondary N) is 1. The van der Waals surface area contributed by atoms with E-state index in [4.69, 9.17) is 0 Å². The minimum atomic E-state index is -0.795. The number of ether oxygens (including phenoxy) is 1. The highest BCUT2D eigenvalue weighted by molar-refractivity contribution is 6.02. The third-order valence-electron chi connectivity index (χ3n) is 3.03. The van der Waals surface area contributed by atoms with Crippen LogP contribution in [0.1, 0.15) is 20.8 Å². The summed E-state index contributed by atoms with van der Waals surface area (Å²) in [5.41, 5.74) is -0.795. The first-order valence-corrected chi connectivity index (χ1v) is 5.46. The molecule has 1 heterocycles. The van der Waals surface area contributed by atoms with Crippen LogP contribution in [0, 0.1) is 5.92 Å². The van der Waals surface area contributed by atoms with Gasteiger partial charge in [-0.3, -0.25) is 24.6 Å². The van der Waals surface area contributed by atoms with E-state index < -0.39 is 5.54 Å². The molecule has 0 saturated carbocycles. The van der Waals surface area contributed by atoms with Crippen molar-refractivity contribution in [2.45, 2.75) is 26.3 Å². The highest BCUT2D eigenvalue weighted by Gasteiger charge is 2.41. The van der Waals surface area contributed by atoms with Crippen LogP contribution in [0.2, 0.25) is 0 Å². The van der Waals surface area contributed by atoms with Crippen LogP contribution in [-0.2, 0) is 19.1 Å². The van der Waals surface area contributed by atoms with Crippen LogP contribution in [0.25, 0.3) is 0 Å². The molecule has 0 aromatic carbocycles. The summed E-state index contributed by atoms with van der Waals surface area (Å²) < 4.78 is 4.62. The van der Waals surface area contributed by atoms with E-state index >= 15 is 0 Å². The number of carbonyl (C=O) groups is 3. The molecule has 96 valence electrons. The van der Waals surface area contributed by atoms with E-state index in [1.54, 1.807) is 25.7 Å². The topological polar surface area (TPSA) is 75.7 Å². The van der Waals surface area contributed by atoms with Gasteiger partial charge in [0.2, 0.25) is 11.8 Å².